The highest BCUT2D eigenvalue weighted by Gasteiger charge is 2.14. The first-order valence-corrected chi connectivity index (χ1v) is 7.48. The van der Waals surface area contributed by atoms with Crippen molar-refractivity contribution in [2.24, 2.45) is 0 Å². The van der Waals surface area contributed by atoms with Crippen molar-refractivity contribution in [3.05, 3.63) is 53.9 Å². The number of amides is 1. The summed E-state index contributed by atoms with van der Waals surface area (Å²) < 4.78 is 29.0. The molecule has 0 saturated carbocycles. The fraction of sp³-hybridized carbons (Fsp3) is 0.222. The summed E-state index contributed by atoms with van der Waals surface area (Å²) in [6.45, 7) is 1.71. The van der Waals surface area contributed by atoms with Crippen LogP contribution in [0.3, 0.4) is 0 Å². The Balaban J connectivity index is 2.09. The molecule has 3 aromatic rings. The van der Waals surface area contributed by atoms with Gasteiger partial charge in [-0.2, -0.15) is 0 Å². The van der Waals surface area contributed by atoms with E-state index in [2.05, 4.69) is 4.98 Å². The van der Waals surface area contributed by atoms with Crippen molar-refractivity contribution in [3.63, 3.8) is 0 Å². The standard InChI is InChI=1S/C18H17F2N3O/c1-11-6-12(4-5-14(11)19)13-7-16-18(21-8-13)15(20)9-23(16)10-17(24)22(2)3/h4-9H,10H2,1-3H3. The van der Waals surface area contributed by atoms with Crippen molar-refractivity contribution < 1.29 is 13.6 Å². The van der Waals surface area contributed by atoms with Crippen LogP contribution in [0, 0.1) is 18.6 Å². The van der Waals surface area contributed by atoms with Crippen LogP contribution in [0.25, 0.3) is 22.2 Å². The molecule has 0 N–H and O–H groups in total. The monoisotopic (exact) mass is 329 g/mol. The number of aryl methyl sites for hydroxylation is 1. The van der Waals surface area contributed by atoms with E-state index >= 15 is 0 Å². The van der Waals surface area contributed by atoms with Gasteiger partial charge in [-0.15, -0.1) is 0 Å². The highest BCUT2D eigenvalue weighted by Crippen LogP contribution is 2.26. The molecule has 4 nitrogen and oxygen atoms in total. The van der Waals surface area contributed by atoms with Gasteiger partial charge in [-0.25, -0.2) is 8.78 Å². The molecule has 0 atom stereocenters. The Morgan fingerprint density at radius 3 is 2.58 bits per heavy atom. The molecule has 124 valence electrons. The van der Waals surface area contributed by atoms with Gasteiger partial charge in [0.15, 0.2) is 5.82 Å². The fourth-order valence-corrected chi connectivity index (χ4v) is 2.52. The average molecular weight is 329 g/mol. The van der Waals surface area contributed by atoms with E-state index in [0.29, 0.717) is 11.1 Å². The largest absolute Gasteiger partial charge is 0.347 e. The van der Waals surface area contributed by atoms with Gasteiger partial charge < -0.3 is 9.47 Å². The summed E-state index contributed by atoms with van der Waals surface area (Å²) in [7, 11) is 3.30. The van der Waals surface area contributed by atoms with Gasteiger partial charge in [0.25, 0.3) is 0 Å². The molecule has 0 spiro atoms. The molecule has 2 aromatic heterocycles. The Labute approximate surface area is 138 Å². The van der Waals surface area contributed by atoms with Crippen LogP contribution in [0.15, 0.2) is 36.7 Å². The minimum absolute atomic E-state index is 0.0288. The quantitative estimate of drug-likeness (QED) is 0.739. The average Bonchev–Trinajstić information content (AvgIpc) is 2.85. The summed E-state index contributed by atoms with van der Waals surface area (Å²) in [5, 5.41) is 0. The number of halogens is 2. The number of benzene rings is 1. The fourth-order valence-electron chi connectivity index (χ4n) is 2.52. The van der Waals surface area contributed by atoms with Crippen LogP contribution >= 0.6 is 0 Å². The SMILES string of the molecule is Cc1cc(-c2cnc3c(F)cn(CC(=O)N(C)C)c3c2)ccc1F. The normalized spacial score (nSPS) is 11.0. The molecule has 1 amide bonds. The third kappa shape index (κ3) is 2.87. The second-order valence-electron chi connectivity index (χ2n) is 5.95. The van der Waals surface area contributed by atoms with Gasteiger partial charge in [0.1, 0.15) is 17.9 Å². The van der Waals surface area contributed by atoms with Gasteiger partial charge in [-0.3, -0.25) is 9.78 Å². The Kier molecular flexibility index (Phi) is 4.05. The van der Waals surface area contributed by atoms with Gasteiger partial charge in [0.2, 0.25) is 5.91 Å². The first-order chi connectivity index (χ1) is 11.4. The lowest BCUT2D eigenvalue weighted by molar-refractivity contribution is -0.129. The third-order valence-electron chi connectivity index (χ3n) is 3.97. The molecule has 3 rings (SSSR count). The lowest BCUT2D eigenvalue weighted by Gasteiger charge is -2.11. The number of fused-ring (bicyclic) bond motifs is 1. The van der Waals surface area contributed by atoms with Crippen LogP contribution in [0.2, 0.25) is 0 Å². The van der Waals surface area contributed by atoms with E-state index in [4.69, 9.17) is 0 Å². The second-order valence-corrected chi connectivity index (χ2v) is 5.95. The summed E-state index contributed by atoms with van der Waals surface area (Å²) in [6, 6.07) is 6.53. The second kappa shape index (κ2) is 6.03. The Hall–Kier alpha value is -2.76. The molecule has 0 radical (unpaired) electrons. The van der Waals surface area contributed by atoms with Crippen molar-refractivity contribution in [1.82, 2.24) is 14.5 Å². The van der Waals surface area contributed by atoms with Gasteiger partial charge >= 0.3 is 0 Å². The molecule has 0 unspecified atom stereocenters. The number of hydrogen-bond donors (Lipinski definition) is 0. The number of hydrogen-bond acceptors (Lipinski definition) is 2. The van der Waals surface area contributed by atoms with Crippen LogP contribution < -0.4 is 0 Å². The lowest BCUT2D eigenvalue weighted by Crippen LogP contribution is -2.25. The maximum atomic E-state index is 14.1. The van der Waals surface area contributed by atoms with Crippen LogP contribution in [0.1, 0.15) is 5.56 Å². The number of nitrogens with zero attached hydrogens (tertiary/aromatic N) is 3. The summed E-state index contributed by atoms with van der Waals surface area (Å²) in [5.74, 6) is -0.896. The number of carbonyl (C=O) groups excluding carboxylic acids is 1. The Morgan fingerprint density at radius 2 is 1.92 bits per heavy atom. The van der Waals surface area contributed by atoms with E-state index in [1.807, 2.05) is 0 Å². The molecule has 0 aliphatic rings. The summed E-state index contributed by atoms with van der Waals surface area (Å²) in [5.41, 5.74) is 2.79. The maximum absolute atomic E-state index is 14.1. The Morgan fingerprint density at radius 1 is 1.17 bits per heavy atom. The topological polar surface area (TPSA) is 38.1 Å². The number of aromatic nitrogens is 2. The van der Waals surface area contributed by atoms with Crippen LogP contribution in [0.5, 0.6) is 0 Å². The lowest BCUT2D eigenvalue weighted by atomic mass is 10.0. The van der Waals surface area contributed by atoms with E-state index in [9.17, 15) is 13.6 Å². The van der Waals surface area contributed by atoms with E-state index < -0.39 is 5.82 Å². The van der Waals surface area contributed by atoms with Crippen molar-refractivity contribution in [2.75, 3.05) is 14.1 Å². The predicted octanol–water partition coefficient (Wildman–Crippen LogP) is 3.38. The highest BCUT2D eigenvalue weighted by atomic mass is 19.1. The van der Waals surface area contributed by atoms with Crippen LogP contribution in [-0.2, 0) is 11.3 Å². The van der Waals surface area contributed by atoms with Gasteiger partial charge in [-0.1, -0.05) is 6.07 Å². The first kappa shape index (κ1) is 16.1. The van der Waals surface area contributed by atoms with E-state index in [1.165, 1.54) is 17.2 Å². The molecular formula is C18H17F2N3O. The third-order valence-corrected chi connectivity index (χ3v) is 3.97. The zero-order chi connectivity index (χ0) is 17.4. The van der Waals surface area contributed by atoms with Crippen molar-refractivity contribution in [3.8, 4) is 11.1 Å². The molecule has 0 saturated heterocycles. The summed E-state index contributed by atoms with van der Waals surface area (Å²) in [4.78, 5) is 17.5. The van der Waals surface area contributed by atoms with Crippen molar-refractivity contribution >= 4 is 16.9 Å². The van der Waals surface area contributed by atoms with Crippen molar-refractivity contribution in [2.45, 2.75) is 13.5 Å². The Bertz CT molecular complexity index is 931. The van der Waals surface area contributed by atoms with E-state index in [0.717, 1.165) is 11.1 Å². The first-order valence-electron chi connectivity index (χ1n) is 7.48. The van der Waals surface area contributed by atoms with E-state index in [1.54, 1.807) is 50.0 Å². The molecule has 2 heterocycles. The minimum Gasteiger partial charge on any atom is -0.347 e. The van der Waals surface area contributed by atoms with Crippen molar-refractivity contribution in [1.29, 1.82) is 0 Å². The molecule has 0 bridgehead atoms. The van der Waals surface area contributed by atoms with Gasteiger partial charge in [-0.05, 0) is 36.2 Å². The predicted molar refractivity (Wildman–Crippen MR) is 88.5 cm³/mol. The number of rotatable bonds is 3. The van der Waals surface area contributed by atoms with Gasteiger partial charge in [0.05, 0.1) is 5.52 Å². The molecule has 24 heavy (non-hydrogen) atoms. The molecule has 0 aliphatic heterocycles. The van der Waals surface area contributed by atoms with Crippen LogP contribution in [-0.4, -0.2) is 34.5 Å². The minimum atomic E-state index is -0.474. The molecule has 0 aliphatic carbocycles. The summed E-state index contributed by atoms with van der Waals surface area (Å²) >= 11 is 0. The smallest absolute Gasteiger partial charge is 0.241 e. The molecule has 6 heteroatoms. The van der Waals surface area contributed by atoms with Gasteiger partial charge in [0, 0.05) is 32.1 Å². The zero-order valence-electron chi connectivity index (χ0n) is 13.7. The highest BCUT2D eigenvalue weighted by molar-refractivity contribution is 5.84. The number of likely N-dealkylation sites (N-methyl/N-ethyl adjacent to an activating group) is 1. The summed E-state index contributed by atoms with van der Waals surface area (Å²) in [6.07, 6.45) is 2.83. The van der Waals surface area contributed by atoms with E-state index in [-0.39, 0.29) is 23.8 Å². The molecule has 1 aromatic carbocycles. The zero-order valence-corrected chi connectivity index (χ0v) is 13.7. The maximum Gasteiger partial charge on any atom is 0.241 e. The number of carbonyl (C=O) groups is 1. The van der Waals surface area contributed by atoms with Crippen LogP contribution in [0.4, 0.5) is 8.78 Å². The number of pyridine rings is 1. The molecule has 0 fully saturated rings. The molecular weight excluding hydrogens is 312 g/mol.